The summed E-state index contributed by atoms with van der Waals surface area (Å²) in [6.45, 7) is 4.20. The molecule has 1 fully saturated rings. The van der Waals surface area contributed by atoms with Gasteiger partial charge in [0.1, 0.15) is 0 Å². The fraction of sp³-hybridized carbons (Fsp3) is 0.650. The van der Waals surface area contributed by atoms with Crippen molar-refractivity contribution in [1.82, 2.24) is 5.32 Å². The number of hydrogen-bond donors (Lipinski definition) is 1. The van der Waals surface area contributed by atoms with Gasteiger partial charge in [-0.3, -0.25) is 4.79 Å². The van der Waals surface area contributed by atoms with Gasteiger partial charge >= 0.3 is 0 Å². The lowest BCUT2D eigenvalue weighted by Crippen LogP contribution is -2.25. The highest BCUT2D eigenvalue weighted by Gasteiger charge is 2.27. The van der Waals surface area contributed by atoms with Crippen LogP contribution in [0.4, 0.5) is 0 Å². The van der Waals surface area contributed by atoms with Gasteiger partial charge in [-0.15, -0.1) is 0 Å². The molecule has 0 aromatic carbocycles. The Morgan fingerprint density at radius 3 is 2.82 bits per heavy atom. The number of allylic oxidation sites excluding steroid dienone is 2. The molecule has 0 spiro atoms. The summed E-state index contributed by atoms with van der Waals surface area (Å²) in [5.41, 5.74) is 0. The normalized spacial score (nSPS) is 20.2. The number of carbonyl (C=O) groups is 1. The summed E-state index contributed by atoms with van der Waals surface area (Å²) < 4.78 is 0. The Kier molecular flexibility index (Phi) is 9.97. The monoisotopic (exact) mass is 299 g/mol. The Hall–Kier alpha value is -1.67. The molecule has 1 aliphatic rings. The summed E-state index contributed by atoms with van der Waals surface area (Å²) in [5.74, 6) is 12.2. The van der Waals surface area contributed by atoms with Crippen molar-refractivity contribution in [3.8, 4) is 23.7 Å². The Bertz CT molecular complexity index is 469. The van der Waals surface area contributed by atoms with Crippen LogP contribution >= 0.6 is 0 Å². The van der Waals surface area contributed by atoms with Gasteiger partial charge < -0.3 is 5.32 Å². The maximum Gasteiger partial charge on any atom is 0.223 e. The Morgan fingerprint density at radius 2 is 2.09 bits per heavy atom. The molecule has 22 heavy (non-hydrogen) atoms. The number of hydrogen-bond acceptors (Lipinski definition) is 1. The average Bonchev–Trinajstić information content (AvgIpc) is 2.82. The molecule has 1 amide bonds. The van der Waals surface area contributed by atoms with Crippen LogP contribution in [0, 0.1) is 29.6 Å². The molecule has 0 aliphatic carbocycles. The second-order valence-corrected chi connectivity index (χ2v) is 6.06. The first-order valence-electron chi connectivity index (χ1n) is 8.67. The third-order valence-electron chi connectivity index (χ3n) is 3.93. The van der Waals surface area contributed by atoms with E-state index in [-0.39, 0.29) is 11.8 Å². The molecule has 2 heteroatoms. The van der Waals surface area contributed by atoms with E-state index in [1.54, 1.807) is 0 Å². The van der Waals surface area contributed by atoms with Crippen LogP contribution in [0.2, 0.25) is 0 Å². The highest BCUT2D eigenvalue weighted by atomic mass is 16.2. The van der Waals surface area contributed by atoms with Crippen molar-refractivity contribution >= 4 is 5.91 Å². The summed E-state index contributed by atoms with van der Waals surface area (Å²) in [6, 6.07) is 0.397. The average molecular weight is 299 g/mol. The van der Waals surface area contributed by atoms with Crippen LogP contribution in [0.1, 0.15) is 71.6 Å². The minimum absolute atomic E-state index is 0.197. The Morgan fingerprint density at radius 1 is 1.23 bits per heavy atom. The van der Waals surface area contributed by atoms with Crippen molar-refractivity contribution in [3.05, 3.63) is 12.2 Å². The number of rotatable bonds is 8. The topological polar surface area (TPSA) is 29.1 Å². The predicted octanol–water partition coefficient (Wildman–Crippen LogP) is 4.21. The first-order chi connectivity index (χ1) is 10.7. The lowest BCUT2D eigenvalue weighted by molar-refractivity contribution is -0.122. The zero-order valence-electron chi connectivity index (χ0n) is 14.1. The number of amides is 1. The minimum Gasteiger partial charge on any atom is -0.353 e. The molecule has 0 aromatic rings. The van der Waals surface area contributed by atoms with Gasteiger partial charge in [0.15, 0.2) is 0 Å². The van der Waals surface area contributed by atoms with Gasteiger partial charge in [0, 0.05) is 18.4 Å². The zero-order valence-corrected chi connectivity index (χ0v) is 14.1. The molecule has 0 radical (unpaired) electrons. The molecule has 1 N–H and O–H groups in total. The highest BCUT2D eigenvalue weighted by molar-refractivity contribution is 5.80. The van der Waals surface area contributed by atoms with Gasteiger partial charge in [0.2, 0.25) is 5.91 Å². The molecular formula is C20H29NO. The van der Waals surface area contributed by atoms with E-state index in [2.05, 4.69) is 42.0 Å². The maximum absolute atomic E-state index is 11.4. The van der Waals surface area contributed by atoms with Gasteiger partial charge in [-0.05, 0) is 50.0 Å². The van der Waals surface area contributed by atoms with Gasteiger partial charge in [-0.25, -0.2) is 0 Å². The van der Waals surface area contributed by atoms with E-state index in [1.165, 1.54) is 19.3 Å². The molecule has 2 nitrogen and oxygen atoms in total. The van der Waals surface area contributed by atoms with E-state index in [1.807, 2.05) is 13.0 Å². The van der Waals surface area contributed by atoms with E-state index in [0.29, 0.717) is 6.04 Å². The van der Waals surface area contributed by atoms with Crippen LogP contribution in [-0.4, -0.2) is 11.9 Å². The Labute approximate surface area is 136 Å². The second kappa shape index (κ2) is 11.9. The molecule has 1 unspecified atom stereocenters. The molecule has 120 valence electrons. The lowest BCUT2D eigenvalue weighted by Gasteiger charge is -2.08. The second-order valence-electron chi connectivity index (χ2n) is 6.06. The molecule has 0 saturated carbocycles. The van der Waals surface area contributed by atoms with Crippen molar-refractivity contribution in [2.75, 3.05) is 0 Å². The molecule has 0 aromatic heterocycles. The first-order valence-corrected chi connectivity index (χ1v) is 8.67. The smallest absolute Gasteiger partial charge is 0.223 e. The van der Waals surface area contributed by atoms with Crippen LogP contribution in [0.5, 0.6) is 0 Å². The fourth-order valence-electron chi connectivity index (χ4n) is 2.57. The molecule has 1 rings (SSSR count). The third kappa shape index (κ3) is 8.58. The third-order valence-corrected chi connectivity index (χ3v) is 3.93. The number of carbonyl (C=O) groups excluding carboxylic acids is 1. The molecule has 2 atom stereocenters. The van der Waals surface area contributed by atoms with E-state index in [9.17, 15) is 4.79 Å². The summed E-state index contributed by atoms with van der Waals surface area (Å²) in [4.78, 5) is 11.4. The molecular weight excluding hydrogens is 270 g/mol. The quantitative estimate of drug-likeness (QED) is 0.528. The largest absolute Gasteiger partial charge is 0.353 e. The maximum atomic E-state index is 11.4. The molecule has 1 aliphatic heterocycles. The van der Waals surface area contributed by atoms with Gasteiger partial charge in [-0.2, -0.15) is 0 Å². The van der Waals surface area contributed by atoms with Crippen molar-refractivity contribution in [3.63, 3.8) is 0 Å². The summed E-state index contributed by atoms with van der Waals surface area (Å²) >= 11 is 0. The summed E-state index contributed by atoms with van der Waals surface area (Å²) in [5, 5.41) is 3.05. The number of unbranched alkanes of at least 4 members (excludes halogenated alkanes) is 5. The zero-order chi connectivity index (χ0) is 16.0. The van der Waals surface area contributed by atoms with Crippen molar-refractivity contribution in [2.24, 2.45) is 5.92 Å². The molecule has 1 heterocycles. The van der Waals surface area contributed by atoms with Crippen LogP contribution < -0.4 is 5.32 Å². The SMILES string of the molecule is CCCCCC#CC#C/C=C/CCCCC1C[C@@H](C)C(=O)N1. The highest BCUT2D eigenvalue weighted by Crippen LogP contribution is 2.18. The van der Waals surface area contributed by atoms with Crippen LogP contribution in [0.15, 0.2) is 12.2 Å². The van der Waals surface area contributed by atoms with E-state index >= 15 is 0 Å². The van der Waals surface area contributed by atoms with Gasteiger partial charge in [0.25, 0.3) is 0 Å². The number of nitrogens with one attached hydrogen (secondary N) is 1. The van der Waals surface area contributed by atoms with Crippen molar-refractivity contribution < 1.29 is 4.79 Å². The van der Waals surface area contributed by atoms with Crippen molar-refractivity contribution in [1.29, 1.82) is 0 Å². The van der Waals surface area contributed by atoms with Crippen LogP contribution in [0.25, 0.3) is 0 Å². The fourth-order valence-corrected chi connectivity index (χ4v) is 2.57. The van der Waals surface area contributed by atoms with Gasteiger partial charge in [-0.1, -0.05) is 51.0 Å². The van der Waals surface area contributed by atoms with Crippen LogP contribution in [0.3, 0.4) is 0 Å². The summed E-state index contributed by atoms with van der Waals surface area (Å²) in [7, 11) is 0. The Balaban J connectivity index is 1.99. The minimum atomic E-state index is 0.197. The van der Waals surface area contributed by atoms with E-state index in [4.69, 9.17) is 0 Å². The first kappa shape index (κ1) is 18.4. The standard InChI is InChI=1S/C20H29NO/c1-3-4-5-6-7-8-9-10-11-12-13-14-15-16-19-17-18(2)20(22)21-19/h11-12,18-19H,3-6,13-17H2,1-2H3,(H,21,22)/b12-11+/t18-,19?/m1/s1. The predicted molar refractivity (Wildman–Crippen MR) is 93.0 cm³/mol. The van der Waals surface area contributed by atoms with Crippen LogP contribution in [-0.2, 0) is 4.79 Å². The van der Waals surface area contributed by atoms with E-state index in [0.717, 1.165) is 38.5 Å². The molecule has 0 bridgehead atoms. The van der Waals surface area contributed by atoms with E-state index < -0.39 is 0 Å². The molecule has 1 saturated heterocycles. The van der Waals surface area contributed by atoms with Gasteiger partial charge in [0.05, 0.1) is 0 Å². The summed E-state index contributed by atoms with van der Waals surface area (Å²) in [6.07, 6.45) is 14.1. The lowest BCUT2D eigenvalue weighted by atomic mass is 10.0. The van der Waals surface area contributed by atoms with Crippen molar-refractivity contribution in [2.45, 2.75) is 77.7 Å².